The van der Waals surface area contributed by atoms with Gasteiger partial charge in [-0.25, -0.2) is 0 Å². The molecule has 0 aromatic rings. The van der Waals surface area contributed by atoms with Gasteiger partial charge in [0.25, 0.3) is 0 Å². The molecule has 2 atom stereocenters. The van der Waals surface area contributed by atoms with Gasteiger partial charge in [-0.1, -0.05) is 33.1 Å². The van der Waals surface area contributed by atoms with E-state index in [0.717, 1.165) is 38.0 Å². The van der Waals surface area contributed by atoms with Crippen molar-refractivity contribution in [1.82, 2.24) is 10.6 Å². The largest absolute Gasteiger partial charge is 0.352 e. The molecule has 1 fully saturated rings. The molecule has 1 aliphatic carbocycles. The second-order valence-electron chi connectivity index (χ2n) is 6.91. The molecule has 128 valence electrons. The molecule has 22 heavy (non-hydrogen) atoms. The minimum absolute atomic E-state index is 0.0562. The van der Waals surface area contributed by atoms with Gasteiger partial charge in [0.05, 0.1) is 0 Å². The number of amides is 2. The summed E-state index contributed by atoms with van der Waals surface area (Å²) in [4.78, 5) is 24.3. The zero-order valence-electron chi connectivity index (χ0n) is 14.8. The first-order chi connectivity index (χ1) is 10.5. The summed E-state index contributed by atoms with van der Waals surface area (Å²) in [5.41, 5.74) is 0. The van der Waals surface area contributed by atoms with E-state index < -0.39 is 6.04 Å². The van der Waals surface area contributed by atoms with Crippen molar-refractivity contribution >= 4 is 11.8 Å². The van der Waals surface area contributed by atoms with Crippen LogP contribution in [0.2, 0.25) is 0 Å². The Hall–Kier alpha value is -1.06. The maximum absolute atomic E-state index is 12.3. The lowest BCUT2D eigenvalue weighted by atomic mass is 9.79. The van der Waals surface area contributed by atoms with Crippen LogP contribution in [0.1, 0.15) is 79.1 Å². The van der Waals surface area contributed by atoms with Gasteiger partial charge in [0.1, 0.15) is 6.04 Å². The number of hydrogen-bond acceptors (Lipinski definition) is 2. The molecule has 0 aliphatic heterocycles. The maximum Gasteiger partial charge on any atom is 0.242 e. The summed E-state index contributed by atoms with van der Waals surface area (Å²) >= 11 is 0. The summed E-state index contributed by atoms with van der Waals surface area (Å²) in [6.07, 6.45) is 9.02. The highest BCUT2D eigenvalue weighted by Crippen LogP contribution is 2.31. The first-order valence-electron chi connectivity index (χ1n) is 9.08. The lowest BCUT2D eigenvalue weighted by molar-refractivity contribution is -0.131. The summed E-state index contributed by atoms with van der Waals surface area (Å²) in [7, 11) is 0. The molecule has 1 rings (SSSR count). The van der Waals surface area contributed by atoms with Crippen LogP contribution in [-0.4, -0.2) is 23.9 Å². The third kappa shape index (κ3) is 6.37. The summed E-state index contributed by atoms with van der Waals surface area (Å²) in [6, 6.07) is -0.292. The number of carbonyl (C=O) groups excluding carboxylic acids is 2. The molecule has 0 heterocycles. The van der Waals surface area contributed by atoms with Crippen molar-refractivity contribution in [3.05, 3.63) is 0 Å². The smallest absolute Gasteiger partial charge is 0.242 e. The zero-order chi connectivity index (χ0) is 16.5. The van der Waals surface area contributed by atoms with E-state index in [-0.39, 0.29) is 23.8 Å². The van der Waals surface area contributed by atoms with E-state index in [0.29, 0.717) is 0 Å². The maximum atomic E-state index is 12.3. The molecule has 2 amide bonds. The van der Waals surface area contributed by atoms with E-state index >= 15 is 0 Å². The van der Waals surface area contributed by atoms with Crippen LogP contribution in [0.3, 0.4) is 0 Å². The highest BCUT2D eigenvalue weighted by Gasteiger charge is 2.27. The fourth-order valence-electron chi connectivity index (χ4n) is 3.07. The molecular weight excluding hydrogens is 276 g/mol. The van der Waals surface area contributed by atoms with Crippen molar-refractivity contribution in [3.63, 3.8) is 0 Å². The lowest BCUT2D eigenvalue weighted by Gasteiger charge is -2.28. The van der Waals surface area contributed by atoms with Crippen molar-refractivity contribution in [2.75, 3.05) is 0 Å². The average molecular weight is 310 g/mol. The molecule has 2 N–H and O–H groups in total. The minimum Gasteiger partial charge on any atom is -0.352 e. The van der Waals surface area contributed by atoms with Gasteiger partial charge in [0.15, 0.2) is 0 Å². The van der Waals surface area contributed by atoms with E-state index in [1.54, 1.807) is 6.92 Å². The molecule has 0 bridgehead atoms. The zero-order valence-corrected chi connectivity index (χ0v) is 14.8. The second kappa shape index (κ2) is 9.86. The third-order valence-corrected chi connectivity index (χ3v) is 4.94. The molecule has 2 unspecified atom stereocenters. The van der Waals surface area contributed by atoms with E-state index in [9.17, 15) is 9.59 Å². The summed E-state index contributed by atoms with van der Waals surface area (Å²) in [5.74, 6) is 0.868. The van der Waals surface area contributed by atoms with Crippen molar-refractivity contribution in [2.24, 2.45) is 11.8 Å². The van der Waals surface area contributed by atoms with Crippen LogP contribution < -0.4 is 10.6 Å². The Kier molecular flexibility index (Phi) is 8.51. The Morgan fingerprint density at radius 1 is 1.05 bits per heavy atom. The third-order valence-electron chi connectivity index (χ3n) is 4.94. The van der Waals surface area contributed by atoms with Crippen LogP contribution in [-0.2, 0) is 9.59 Å². The Balaban J connectivity index is 2.32. The summed E-state index contributed by atoms with van der Waals surface area (Å²) < 4.78 is 0. The Morgan fingerprint density at radius 3 is 2.23 bits per heavy atom. The predicted octanol–water partition coefficient (Wildman–Crippen LogP) is 3.40. The number of rotatable bonds is 8. The van der Waals surface area contributed by atoms with E-state index in [1.807, 2.05) is 13.8 Å². The number of unbranched alkanes of at least 4 members (excludes halogenated alkanes) is 1. The van der Waals surface area contributed by atoms with Gasteiger partial charge in [-0.3, -0.25) is 9.59 Å². The first-order valence-corrected chi connectivity index (χ1v) is 9.08. The predicted molar refractivity (Wildman–Crippen MR) is 90.5 cm³/mol. The van der Waals surface area contributed by atoms with Gasteiger partial charge in [0.2, 0.25) is 11.8 Å². The molecule has 0 aromatic heterocycles. The van der Waals surface area contributed by atoms with Crippen molar-refractivity contribution < 1.29 is 9.59 Å². The quantitative estimate of drug-likeness (QED) is 0.722. The van der Waals surface area contributed by atoms with Crippen molar-refractivity contribution in [2.45, 2.75) is 91.1 Å². The van der Waals surface area contributed by atoms with Gasteiger partial charge in [0, 0.05) is 12.0 Å². The normalized spacial score (nSPS) is 24.4. The molecule has 0 radical (unpaired) electrons. The standard InChI is InChI=1S/C18H34N2O2/c1-5-7-8-15-9-11-16(12-10-15)18(22)20-14(4)17(21)19-13(3)6-2/h13-16H,5-12H2,1-4H3,(H,19,21)(H,20,22). The fraction of sp³-hybridized carbons (Fsp3) is 0.889. The number of hydrogen-bond donors (Lipinski definition) is 2. The lowest BCUT2D eigenvalue weighted by Crippen LogP contribution is -2.49. The van der Waals surface area contributed by atoms with Crippen LogP contribution in [0, 0.1) is 11.8 Å². The minimum atomic E-state index is -0.445. The Morgan fingerprint density at radius 2 is 1.68 bits per heavy atom. The van der Waals surface area contributed by atoms with Crippen LogP contribution in [0.25, 0.3) is 0 Å². The van der Waals surface area contributed by atoms with Gasteiger partial charge in [-0.15, -0.1) is 0 Å². The molecule has 4 heteroatoms. The monoisotopic (exact) mass is 310 g/mol. The molecule has 0 spiro atoms. The van der Waals surface area contributed by atoms with E-state index in [4.69, 9.17) is 0 Å². The topological polar surface area (TPSA) is 58.2 Å². The highest BCUT2D eigenvalue weighted by molar-refractivity contribution is 5.88. The van der Waals surface area contributed by atoms with Crippen LogP contribution >= 0.6 is 0 Å². The molecule has 0 saturated heterocycles. The van der Waals surface area contributed by atoms with Crippen LogP contribution in [0.4, 0.5) is 0 Å². The molecule has 1 saturated carbocycles. The van der Waals surface area contributed by atoms with E-state index in [1.165, 1.54) is 19.3 Å². The Labute approximate surface area is 135 Å². The molecule has 1 aliphatic rings. The van der Waals surface area contributed by atoms with Crippen LogP contribution in [0.15, 0.2) is 0 Å². The molecular formula is C18H34N2O2. The van der Waals surface area contributed by atoms with Gasteiger partial charge >= 0.3 is 0 Å². The van der Waals surface area contributed by atoms with Crippen molar-refractivity contribution in [3.8, 4) is 0 Å². The first kappa shape index (κ1) is 19.0. The SMILES string of the molecule is CCCCC1CCC(C(=O)NC(C)C(=O)NC(C)CC)CC1. The highest BCUT2D eigenvalue weighted by atomic mass is 16.2. The van der Waals surface area contributed by atoms with Crippen LogP contribution in [0.5, 0.6) is 0 Å². The van der Waals surface area contributed by atoms with E-state index in [2.05, 4.69) is 17.6 Å². The summed E-state index contributed by atoms with van der Waals surface area (Å²) in [5, 5.41) is 5.80. The van der Waals surface area contributed by atoms with Gasteiger partial charge in [-0.05, 0) is 51.9 Å². The average Bonchev–Trinajstić information content (AvgIpc) is 2.52. The molecule has 4 nitrogen and oxygen atoms in total. The number of nitrogens with one attached hydrogen (secondary N) is 2. The van der Waals surface area contributed by atoms with Gasteiger partial charge in [-0.2, -0.15) is 0 Å². The summed E-state index contributed by atoms with van der Waals surface area (Å²) in [6.45, 7) is 8.00. The Bertz CT molecular complexity index is 349. The fourth-order valence-corrected chi connectivity index (χ4v) is 3.07. The number of carbonyl (C=O) groups is 2. The van der Waals surface area contributed by atoms with Crippen molar-refractivity contribution in [1.29, 1.82) is 0 Å². The second-order valence-corrected chi connectivity index (χ2v) is 6.91. The molecule has 0 aromatic carbocycles. The van der Waals surface area contributed by atoms with Gasteiger partial charge < -0.3 is 10.6 Å².